The number of nitrogens with two attached hydrogens (primary N) is 1. The molecule has 1 aromatic heterocycles. The van der Waals surface area contributed by atoms with E-state index in [1.165, 1.54) is 22.8 Å². The molecule has 1 aromatic carbocycles. The van der Waals surface area contributed by atoms with Crippen molar-refractivity contribution in [1.29, 1.82) is 0 Å². The molecule has 0 saturated heterocycles. The molecule has 0 spiro atoms. The SMILES string of the molecule is C=CC(=O)C(CC)C(CC/C(=C/NCC)NN)c1ccc(C)c(CN2Cc3cnccc3OC(C)(C)C2)c1.[HH]. The predicted molar refractivity (Wildman–Crippen MR) is 156 cm³/mol. The summed E-state index contributed by atoms with van der Waals surface area (Å²) < 4.78 is 6.33. The van der Waals surface area contributed by atoms with Gasteiger partial charge in [-0.05, 0) is 81.7 Å². The van der Waals surface area contributed by atoms with Crippen molar-refractivity contribution in [2.24, 2.45) is 11.8 Å². The Balaban J connectivity index is 0.00000533. The Morgan fingerprint density at radius 2 is 2.13 bits per heavy atom. The van der Waals surface area contributed by atoms with Crippen LogP contribution < -0.4 is 21.3 Å². The summed E-state index contributed by atoms with van der Waals surface area (Å²) in [5, 5.41) is 3.21. The van der Waals surface area contributed by atoms with Crippen LogP contribution in [0, 0.1) is 12.8 Å². The highest BCUT2D eigenvalue weighted by Gasteiger charge is 2.30. The molecule has 0 fully saturated rings. The average Bonchev–Trinajstić information content (AvgIpc) is 3.02. The molecule has 0 radical (unpaired) electrons. The number of carbonyl (C=O) groups is 1. The van der Waals surface area contributed by atoms with E-state index in [0.29, 0.717) is 0 Å². The number of rotatable bonds is 13. The molecule has 0 amide bonds. The van der Waals surface area contributed by atoms with Gasteiger partial charge in [-0.1, -0.05) is 31.7 Å². The highest BCUT2D eigenvalue weighted by molar-refractivity contribution is 5.91. The van der Waals surface area contributed by atoms with Gasteiger partial charge in [-0.15, -0.1) is 0 Å². The maximum absolute atomic E-state index is 12.9. The second-order valence-corrected chi connectivity index (χ2v) is 10.8. The first-order chi connectivity index (χ1) is 18.2. The third kappa shape index (κ3) is 7.68. The fourth-order valence-corrected chi connectivity index (χ4v) is 5.40. The number of hydrazine groups is 1. The Labute approximate surface area is 230 Å². The number of aromatic nitrogens is 1. The Kier molecular flexibility index (Phi) is 10.5. The minimum Gasteiger partial charge on any atom is -0.486 e. The van der Waals surface area contributed by atoms with Crippen LogP contribution >= 0.6 is 0 Å². The Morgan fingerprint density at radius 1 is 1.34 bits per heavy atom. The van der Waals surface area contributed by atoms with Crippen LogP contribution in [0.2, 0.25) is 0 Å². The van der Waals surface area contributed by atoms with E-state index < -0.39 is 0 Å². The topological polar surface area (TPSA) is 92.5 Å². The Hall–Kier alpha value is -3.16. The van der Waals surface area contributed by atoms with Gasteiger partial charge in [0.15, 0.2) is 5.78 Å². The van der Waals surface area contributed by atoms with Crippen LogP contribution in [0.25, 0.3) is 0 Å². The molecule has 7 nitrogen and oxygen atoms in total. The first-order valence-electron chi connectivity index (χ1n) is 13.7. The van der Waals surface area contributed by atoms with Crippen molar-refractivity contribution in [1.82, 2.24) is 20.6 Å². The van der Waals surface area contributed by atoms with E-state index in [0.717, 1.165) is 62.5 Å². The third-order valence-electron chi connectivity index (χ3n) is 7.32. The lowest BCUT2D eigenvalue weighted by molar-refractivity contribution is -0.119. The maximum atomic E-state index is 12.9. The number of pyridine rings is 1. The molecule has 3 rings (SSSR count). The van der Waals surface area contributed by atoms with Crippen LogP contribution in [-0.2, 0) is 17.9 Å². The third-order valence-corrected chi connectivity index (χ3v) is 7.32. The van der Waals surface area contributed by atoms with E-state index in [9.17, 15) is 4.79 Å². The standard InChI is InChI=1S/C31H45N5O2.H2/c1-7-27(29(37)8-2)28(13-12-26(35-32)18-33-9-3)23-11-10-22(4)24(16-23)19-36-20-25-17-34-15-14-30(25)38-31(5,6)21-36;/h8,10-11,14-18,27-28,33,35H,2,7,9,12-13,19-21,32H2,1,3-6H3;1H/b26-18-;. The number of nitrogens with one attached hydrogen (secondary N) is 2. The van der Waals surface area contributed by atoms with Crippen molar-refractivity contribution < 1.29 is 11.0 Å². The number of benzene rings is 1. The van der Waals surface area contributed by atoms with Gasteiger partial charge in [0, 0.05) is 63.4 Å². The molecule has 2 atom stereocenters. The summed E-state index contributed by atoms with van der Waals surface area (Å²) in [5.41, 5.74) is 8.18. The number of ketones is 1. The molecule has 2 unspecified atom stereocenters. The summed E-state index contributed by atoms with van der Waals surface area (Å²) in [6.45, 7) is 17.5. The number of fused-ring (bicyclic) bond motifs is 1. The smallest absolute Gasteiger partial charge is 0.158 e. The number of hydrogen-bond acceptors (Lipinski definition) is 7. The number of carbonyl (C=O) groups excluding carboxylic acids is 1. The van der Waals surface area contributed by atoms with Crippen LogP contribution in [0.5, 0.6) is 5.75 Å². The molecule has 2 aromatic rings. The van der Waals surface area contributed by atoms with E-state index in [2.05, 4.69) is 73.1 Å². The molecule has 0 bridgehead atoms. The lowest BCUT2D eigenvalue weighted by atomic mass is 9.78. The van der Waals surface area contributed by atoms with E-state index in [-0.39, 0.29) is 24.6 Å². The van der Waals surface area contributed by atoms with Crippen molar-refractivity contribution in [2.45, 2.75) is 78.5 Å². The van der Waals surface area contributed by atoms with Gasteiger partial charge in [0.2, 0.25) is 0 Å². The zero-order valence-corrected chi connectivity index (χ0v) is 23.7. The summed E-state index contributed by atoms with van der Waals surface area (Å²) >= 11 is 0. The van der Waals surface area contributed by atoms with Crippen LogP contribution in [0.15, 0.2) is 61.2 Å². The lowest BCUT2D eigenvalue weighted by Gasteiger charge is -2.30. The summed E-state index contributed by atoms with van der Waals surface area (Å²) in [7, 11) is 0. The molecular formula is C31H47N5O2. The van der Waals surface area contributed by atoms with Crippen LogP contribution in [0.3, 0.4) is 0 Å². The van der Waals surface area contributed by atoms with Crippen molar-refractivity contribution in [3.05, 3.63) is 83.5 Å². The summed E-state index contributed by atoms with van der Waals surface area (Å²) in [5.74, 6) is 6.70. The van der Waals surface area contributed by atoms with Gasteiger partial charge < -0.3 is 15.5 Å². The fourth-order valence-electron chi connectivity index (χ4n) is 5.40. The molecule has 1 aliphatic heterocycles. The highest BCUT2D eigenvalue weighted by Crippen LogP contribution is 2.35. The van der Waals surface area contributed by atoms with E-state index >= 15 is 0 Å². The zero-order chi connectivity index (χ0) is 27.7. The van der Waals surface area contributed by atoms with Crippen LogP contribution in [0.1, 0.15) is 76.6 Å². The number of nitrogens with zero attached hydrogens (tertiary/aromatic N) is 2. The van der Waals surface area contributed by atoms with Crippen molar-refractivity contribution >= 4 is 5.78 Å². The van der Waals surface area contributed by atoms with Gasteiger partial charge in [-0.25, -0.2) is 0 Å². The minimum atomic E-state index is -0.325. The van der Waals surface area contributed by atoms with Gasteiger partial charge in [-0.2, -0.15) is 0 Å². The normalized spacial score (nSPS) is 16.9. The molecular weight excluding hydrogens is 474 g/mol. The number of hydrogen-bond donors (Lipinski definition) is 3. The first-order valence-corrected chi connectivity index (χ1v) is 13.7. The number of allylic oxidation sites excluding steroid dienone is 2. The van der Waals surface area contributed by atoms with Crippen molar-refractivity contribution in [3.63, 3.8) is 0 Å². The summed E-state index contributed by atoms with van der Waals surface area (Å²) in [6.07, 6.45) is 9.36. The van der Waals surface area contributed by atoms with Gasteiger partial charge in [0.1, 0.15) is 11.4 Å². The Bertz CT molecular complexity index is 1130. The predicted octanol–water partition coefficient (Wildman–Crippen LogP) is 5.37. The van der Waals surface area contributed by atoms with Gasteiger partial charge >= 0.3 is 0 Å². The highest BCUT2D eigenvalue weighted by atomic mass is 16.5. The van der Waals surface area contributed by atoms with E-state index in [1.54, 1.807) is 6.20 Å². The molecule has 0 aliphatic carbocycles. The average molecular weight is 522 g/mol. The fraction of sp³-hybridized carbons (Fsp3) is 0.484. The van der Waals surface area contributed by atoms with Crippen molar-refractivity contribution in [3.8, 4) is 5.75 Å². The monoisotopic (exact) mass is 521 g/mol. The molecule has 1 aliphatic rings. The second-order valence-electron chi connectivity index (χ2n) is 10.8. The van der Waals surface area contributed by atoms with E-state index in [4.69, 9.17) is 10.6 Å². The minimum absolute atomic E-state index is 0. The molecule has 4 N–H and O–H groups in total. The molecule has 38 heavy (non-hydrogen) atoms. The molecule has 2 heterocycles. The largest absolute Gasteiger partial charge is 0.486 e. The summed E-state index contributed by atoms with van der Waals surface area (Å²) in [4.78, 5) is 19.7. The van der Waals surface area contributed by atoms with Gasteiger partial charge in [0.25, 0.3) is 0 Å². The first kappa shape index (κ1) is 29.4. The Morgan fingerprint density at radius 3 is 2.82 bits per heavy atom. The van der Waals surface area contributed by atoms with Gasteiger partial charge in [-0.3, -0.25) is 20.5 Å². The van der Waals surface area contributed by atoms with Crippen LogP contribution in [0.4, 0.5) is 0 Å². The van der Waals surface area contributed by atoms with E-state index in [1.807, 2.05) is 25.4 Å². The van der Waals surface area contributed by atoms with Gasteiger partial charge in [0.05, 0.1) is 0 Å². The quantitative estimate of drug-likeness (QED) is 0.185. The van der Waals surface area contributed by atoms with Crippen LogP contribution in [-0.4, -0.2) is 34.4 Å². The summed E-state index contributed by atoms with van der Waals surface area (Å²) in [6, 6.07) is 8.62. The maximum Gasteiger partial charge on any atom is 0.158 e. The number of ether oxygens (including phenoxy) is 1. The molecule has 7 heteroatoms. The molecule has 208 valence electrons. The lowest BCUT2D eigenvalue weighted by Crippen LogP contribution is -2.40. The number of aryl methyl sites for hydroxylation is 1. The van der Waals surface area contributed by atoms with Crippen molar-refractivity contribution in [2.75, 3.05) is 13.1 Å². The zero-order valence-electron chi connectivity index (χ0n) is 23.7. The molecule has 0 saturated carbocycles. The second kappa shape index (κ2) is 13.6.